The molecule has 0 fully saturated rings. The first-order chi connectivity index (χ1) is 5.72. The number of nitrogens with two attached hydrogens (primary N) is 1. The Hall–Kier alpha value is -1.21. The second-order valence-corrected chi connectivity index (χ2v) is 2.51. The quantitative estimate of drug-likeness (QED) is 0.137. The van der Waals surface area contributed by atoms with Gasteiger partial charge in [-0.3, -0.25) is 0 Å². The van der Waals surface area contributed by atoms with Crippen molar-refractivity contribution in [2.24, 2.45) is 10.9 Å². The van der Waals surface area contributed by atoms with Crippen LogP contribution in [0.5, 0.6) is 0 Å². The predicted octanol–water partition coefficient (Wildman–Crippen LogP) is 0.124. The Bertz CT molecular complexity index is 183. The highest BCUT2D eigenvalue weighted by Crippen LogP contribution is 1.86. The largest absolute Gasteiger partial charge is 0.409 e. The molecule has 4 N–H and O–H groups in total. The van der Waals surface area contributed by atoms with Crippen LogP contribution in [0.25, 0.3) is 0 Å². The van der Waals surface area contributed by atoms with E-state index in [1.54, 1.807) is 0 Å². The second-order valence-electron chi connectivity index (χ2n) is 2.51. The molecule has 68 valence electrons. The van der Waals surface area contributed by atoms with Crippen LogP contribution in [0.2, 0.25) is 0 Å². The van der Waals surface area contributed by atoms with E-state index in [2.05, 4.69) is 16.4 Å². The van der Waals surface area contributed by atoms with Gasteiger partial charge in [0.1, 0.15) is 0 Å². The lowest BCUT2D eigenvalue weighted by molar-refractivity contribution is 0.315. The third-order valence-electron chi connectivity index (χ3n) is 1.51. The van der Waals surface area contributed by atoms with Gasteiger partial charge in [-0.2, -0.15) is 0 Å². The molecule has 0 rings (SSSR count). The smallest absolute Gasteiger partial charge is 0.156 e. The summed E-state index contributed by atoms with van der Waals surface area (Å²) in [7, 11) is 0. The molecule has 0 aliphatic rings. The third-order valence-corrected chi connectivity index (χ3v) is 1.51. The van der Waals surface area contributed by atoms with E-state index in [0.29, 0.717) is 0 Å². The number of hydrogen-bond donors (Lipinski definition) is 3. The van der Waals surface area contributed by atoms with Crippen molar-refractivity contribution in [3.8, 4) is 12.3 Å². The van der Waals surface area contributed by atoms with Crippen molar-refractivity contribution in [2.75, 3.05) is 6.54 Å². The number of unbranched alkanes of at least 4 members (excludes halogenated alkanes) is 1. The molecular weight excluding hydrogens is 154 g/mol. The zero-order chi connectivity index (χ0) is 9.40. The highest BCUT2D eigenvalue weighted by molar-refractivity contribution is 5.84. The van der Waals surface area contributed by atoms with Gasteiger partial charge in [-0.1, -0.05) is 5.16 Å². The first-order valence-electron chi connectivity index (χ1n) is 3.86. The number of terminal acetylenes is 1. The fourth-order valence-electron chi connectivity index (χ4n) is 0.700. The van der Waals surface area contributed by atoms with Crippen molar-refractivity contribution in [3.05, 3.63) is 0 Å². The summed E-state index contributed by atoms with van der Waals surface area (Å²) < 4.78 is 0. The van der Waals surface area contributed by atoms with Crippen LogP contribution >= 0.6 is 0 Å². The van der Waals surface area contributed by atoms with Crippen LogP contribution < -0.4 is 11.1 Å². The Balaban J connectivity index is 3.45. The Morgan fingerprint density at radius 1 is 1.83 bits per heavy atom. The second kappa shape index (κ2) is 6.50. The van der Waals surface area contributed by atoms with Gasteiger partial charge in [0.05, 0.1) is 6.04 Å². The summed E-state index contributed by atoms with van der Waals surface area (Å²) in [6.45, 7) is 2.60. The van der Waals surface area contributed by atoms with Crippen molar-refractivity contribution in [1.29, 1.82) is 0 Å². The summed E-state index contributed by atoms with van der Waals surface area (Å²) in [4.78, 5) is 0. The molecule has 0 aromatic carbocycles. The van der Waals surface area contributed by atoms with Gasteiger partial charge in [-0.15, -0.1) is 12.3 Å². The zero-order valence-corrected chi connectivity index (χ0v) is 7.25. The minimum Gasteiger partial charge on any atom is -0.409 e. The zero-order valence-electron chi connectivity index (χ0n) is 7.25. The van der Waals surface area contributed by atoms with Crippen LogP contribution in [0.15, 0.2) is 5.16 Å². The van der Waals surface area contributed by atoms with Gasteiger partial charge >= 0.3 is 0 Å². The minimum absolute atomic E-state index is 0.104. The number of oxime groups is 1. The molecule has 0 aliphatic carbocycles. The van der Waals surface area contributed by atoms with Crippen molar-refractivity contribution >= 4 is 5.84 Å². The fraction of sp³-hybridized carbons (Fsp3) is 0.625. The number of amidine groups is 1. The van der Waals surface area contributed by atoms with Crippen molar-refractivity contribution in [2.45, 2.75) is 25.8 Å². The van der Waals surface area contributed by atoms with E-state index in [4.69, 9.17) is 17.4 Å². The van der Waals surface area contributed by atoms with Crippen LogP contribution in [0.3, 0.4) is 0 Å². The molecule has 4 nitrogen and oxygen atoms in total. The van der Waals surface area contributed by atoms with Gasteiger partial charge in [-0.25, -0.2) is 0 Å². The summed E-state index contributed by atoms with van der Waals surface area (Å²) in [5.41, 5.74) is 5.33. The van der Waals surface area contributed by atoms with Crippen LogP contribution in [0.1, 0.15) is 19.8 Å². The van der Waals surface area contributed by atoms with Gasteiger partial charge in [0.15, 0.2) is 5.84 Å². The average Bonchev–Trinajstić information content (AvgIpc) is 2.10. The van der Waals surface area contributed by atoms with Crippen LogP contribution in [-0.2, 0) is 0 Å². The van der Waals surface area contributed by atoms with Gasteiger partial charge in [0.25, 0.3) is 0 Å². The molecule has 0 bridgehead atoms. The molecule has 0 aliphatic heterocycles. The maximum Gasteiger partial charge on any atom is 0.156 e. The van der Waals surface area contributed by atoms with Crippen LogP contribution in [-0.4, -0.2) is 23.6 Å². The van der Waals surface area contributed by atoms with Gasteiger partial charge in [0.2, 0.25) is 0 Å². The molecule has 0 amide bonds. The Kier molecular flexibility index (Phi) is 5.84. The Morgan fingerprint density at radius 2 is 2.50 bits per heavy atom. The summed E-state index contributed by atoms with van der Waals surface area (Å²) in [5.74, 6) is 2.72. The van der Waals surface area contributed by atoms with E-state index in [9.17, 15) is 0 Å². The number of rotatable bonds is 5. The first-order valence-corrected chi connectivity index (χ1v) is 3.86. The van der Waals surface area contributed by atoms with E-state index in [-0.39, 0.29) is 11.9 Å². The van der Waals surface area contributed by atoms with Gasteiger partial charge < -0.3 is 16.3 Å². The normalized spacial score (nSPS) is 13.8. The van der Waals surface area contributed by atoms with Crippen molar-refractivity contribution < 1.29 is 5.21 Å². The van der Waals surface area contributed by atoms with E-state index < -0.39 is 0 Å². The van der Waals surface area contributed by atoms with Gasteiger partial charge in [-0.05, 0) is 19.9 Å². The monoisotopic (exact) mass is 169 g/mol. The molecule has 0 saturated heterocycles. The lowest BCUT2D eigenvalue weighted by Crippen LogP contribution is -2.39. The molecule has 1 atom stereocenters. The SMILES string of the molecule is C#CCCCNC(C)C(N)=NO. The molecule has 0 aromatic heterocycles. The van der Waals surface area contributed by atoms with Crippen LogP contribution in [0.4, 0.5) is 0 Å². The molecule has 0 spiro atoms. The highest BCUT2D eigenvalue weighted by Gasteiger charge is 2.04. The first kappa shape index (κ1) is 10.8. The van der Waals surface area contributed by atoms with E-state index >= 15 is 0 Å². The lowest BCUT2D eigenvalue weighted by atomic mass is 10.2. The highest BCUT2D eigenvalue weighted by atomic mass is 16.4. The third kappa shape index (κ3) is 4.58. The molecule has 0 radical (unpaired) electrons. The van der Waals surface area contributed by atoms with E-state index in [1.165, 1.54) is 0 Å². The number of nitrogens with one attached hydrogen (secondary N) is 1. The maximum absolute atomic E-state index is 8.30. The molecule has 0 heterocycles. The molecule has 12 heavy (non-hydrogen) atoms. The molecule has 0 saturated carbocycles. The summed E-state index contributed by atoms with van der Waals surface area (Å²) in [5, 5.41) is 14.2. The lowest BCUT2D eigenvalue weighted by Gasteiger charge is -2.10. The topological polar surface area (TPSA) is 70.6 Å². The molecule has 1 unspecified atom stereocenters. The Morgan fingerprint density at radius 3 is 3.00 bits per heavy atom. The summed E-state index contributed by atoms with van der Waals surface area (Å²) in [6, 6.07) is -0.104. The van der Waals surface area contributed by atoms with Crippen LogP contribution in [0, 0.1) is 12.3 Å². The van der Waals surface area contributed by atoms with E-state index in [0.717, 1.165) is 19.4 Å². The molecule has 4 heteroatoms. The maximum atomic E-state index is 8.30. The minimum atomic E-state index is -0.104. The molecule has 0 aromatic rings. The average molecular weight is 169 g/mol. The number of hydrogen-bond acceptors (Lipinski definition) is 3. The standard InChI is InChI=1S/C8H15N3O/c1-3-4-5-6-10-7(2)8(9)11-12/h1,7,10,12H,4-6H2,2H3,(H2,9,11). The van der Waals surface area contributed by atoms with E-state index in [1.807, 2.05) is 6.92 Å². The fourth-order valence-corrected chi connectivity index (χ4v) is 0.700. The summed E-state index contributed by atoms with van der Waals surface area (Å²) >= 11 is 0. The Labute approximate surface area is 72.8 Å². The molecular formula is C8H15N3O. The predicted molar refractivity (Wildman–Crippen MR) is 48.9 cm³/mol. The summed E-state index contributed by atoms with van der Waals surface area (Å²) in [6.07, 6.45) is 6.71. The van der Waals surface area contributed by atoms with Gasteiger partial charge in [0, 0.05) is 6.42 Å². The van der Waals surface area contributed by atoms with Crippen molar-refractivity contribution in [1.82, 2.24) is 5.32 Å². The van der Waals surface area contributed by atoms with Crippen molar-refractivity contribution in [3.63, 3.8) is 0 Å². The number of nitrogens with zero attached hydrogens (tertiary/aromatic N) is 1.